The second-order valence-electron chi connectivity index (χ2n) is 3.01. The minimum absolute atomic E-state index is 0.141. The summed E-state index contributed by atoms with van der Waals surface area (Å²) < 4.78 is 0. The summed E-state index contributed by atoms with van der Waals surface area (Å²) in [7, 11) is 0. The Morgan fingerprint density at radius 1 is 1.60 bits per heavy atom. The molecule has 0 N–H and O–H groups in total. The van der Waals surface area contributed by atoms with E-state index in [1.807, 2.05) is 6.07 Å². The number of Topliss-reactive ketones (excluding diaryl/α,β-unsaturated/α-hetero) is 1. The van der Waals surface area contributed by atoms with Gasteiger partial charge in [-0.1, -0.05) is 28.1 Å². The van der Waals surface area contributed by atoms with Crippen LogP contribution in [0.4, 0.5) is 0 Å². The van der Waals surface area contributed by atoms with Crippen LogP contribution in [0.25, 0.3) is 0 Å². The molecule has 0 bridgehead atoms. The molecular formula is C11H8BrNO2. The first-order valence-electron chi connectivity index (χ1n) is 4.23. The largest absolute Gasteiger partial charge is 0.298 e. The van der Waals surface area contributed by atoms with Crippen molar-refractivity contribution in [1.29, 1.82) is 5.26 Å². The van der Waals surface area contributed by atoms with Crippen molar-refractivity contribution in [1.82, 2.24) is 0 Å². The van der Waals surface area contributed by atoms with Gasteiger partial charge < -0.3 is 0 Å². The van der Waals surface area contributed by atoms with Crippen LogP contribution in [0.3, 0.4) is 0 Å². The van der Waals surface area contributed by atoms with Crippen LogP contribution < -0.4 is 0 Å². The Bertz CT molecular complexity index is 460. The molecule has 76 valence electrons. The minimum Gasteiger partial charge on any atom is -0.298 e. The standard InChI is InChI=1S/C11H8BrNO2/c1-7-2-3-8(11(15)4-12)10(6-14)9(7)5-13/h2-3,6H,4H2,1H3. The van der Waals surface area contributed by atoms with E-state index < -0.39 is 0 Å². The molecule has 4 heteroatoms. The molecular weight excluding hydrogens is 258 g/mol. The van der Waals surface area contributed by atoms with Gasteiger partial charge in [0.2, 0.25) is 0 Å². The molecule has 0 radical (unpaired) electrons. The van der Waals surface area contributed by atoms with Gasteiger partial charge in [-0.25, -0.2) is 0 Å². The molecule has 0 saturated heterocycles. The predicted octanol–water partition coefficient (Wildman–Crippen LogP) is 2.26. The first-order chi connectivity index (χ1) is 7.15. The van der Waals surface area contributed by atoms with Crippen LogP contribution in [0.5, 0.6) is 0 Å². The molecule has 1 rings (SSSR count). The van der Waals surface area contributed by atoms with Gasteiger partial charge in [0, 0.05) is 11.1 Å². The number of hydrogen-bond acceptors (Lipinski definition) is 3. The van der Waals surface area contributed by atoms with E-state index in [4.69, 9.17) is 5.26 Å². The number of ketones is 1. The quantitative estimate of drug-likeness (QED) is 0.479. The SMILES string of the molecule is Cc1ccc(C(=O)CBr)c(C=O)c1C#N. The highest BCUT2D eigenvalue weighted by atomic mass is 79.9. The molecule has 0 atom stereocenters. The maximum absolute atomic E-state index is 11.5. The summed E-state index contributed by atoms with van der Waals surface area (Å²) >= 11 is 3.03. The summed E-state index contributed by atoms with van der Waals surface area (Å²) in [5.74, 6) is -0.200. The monoisotopic (exact) mass is 265 g/mol. The van der Waals surface area contributed by atoms with Gasteiger partial charge in [0.1, 0.15) is 6.07 Å². The fraction of sp³-hybridized carbons (Fsp3) is 0.182. The molecule has 1 aromatic rings. The zero-order valence-corrected chi connectivity index (χ0v) is 9.67. The second-order valence-corrected chi connectivity index (χ2v) is 3.57. The van der Waals surface area contributed by atoms with E-state index >= 15 is 0 Å². The highest BCUT2D eigenvalue weighted by molar-refractivity contribution is 9.09. The van der Waals surface area contributed by atoms with Gasteiger partial charge in [0.25, 0.3) is 0 Å². The number of carbonyl (C=O) groups is 2. The van der Waals surface area contributed by atoms with Crippen LogP contribution in [-0.4, -0.2) is 17.4 Å². The van der Waals surface area contributed by atoms with E-state index in [0.29, 0.717) is 17.4 Å². The predicted molar refractivity (Wildman–Crippen MR) is 59.4 cm³/mol. The Kier molecular flexibility index (Phi) is 3.75. The third-order valence-corrected chi connectivity index (χ3v) is 2.61. The lowest BCUT2D eigenvalue weighted by atomic mass is 9.96. The summed E-state index contributed by atoms with van der Waals surface area (Å²) in [6, 6.07) is 5.18. The van der Waals surface area contributed by atoms with Gasteiger partial charge in [0.05, 0.1) is 10.9 Å². The third kappa shape index (κ3) is 2.13. The Labute approximate surface area is 95.8 Å². The third-order valence-electron chi connectivity index (χ3n) is 2.11. The number of rotatable bonds is 3. The fourth-order valence-electron chi connectivity index (χ4n) is 1.31. The average molecular weight is 266 g/mol. The van der Waals surface area contributed by atoms with Gasteiger partial charge in [-0.05, 0) is 12.5 Å². The Balaban J connectivity index is 3.50. The minimum atomic E-state index is -0.200. The zero-order chi connectivity index (χ0) is 11.4. The van der Waals surface area contributed by atoms with Gasteiger partial charge in [-0.15, -0.1) is 0 Å². The van der Waals surface area contributed by atoms with Crippen LogP contribution in [0.15, 0.2) is 12.1 Å². The summed E-state index contributed by atoms with van der Waals surface area (Å²) in [5, 5.41) is 9.02. The summed E-state index contributed by atoms with van der Waals surface area (Å²) in [6.45, 7) is 1.73. The lowest BCUT2D eigenvalue weighted by Gasteiger charge is -2.05. The second kappa shape index (κ2) is 4.85. The Morgan fingerprint density at radius 3 is 2.73 bits per heavy atom. The van der Waals surface area contributed by atoms with Crippen LogP contribution in [0.2, 0.25) is 0 Å². The first kappa shape index (κ1) is 11.6. The van der Waals surface area contributed by atoms with E-state index in [-0.39, 0.29) is 22.2 Å². The van der Waals surface area contributed by atoms with Crippen LogP contribution in [0, 0.1) is 18.3 Å². The molecule has 0 fully saturated rings. The van der Waals surface area contributed by atoms with Crippen molar-refractivity contribution in [3.8, 4) is 6.07 Å². The lowest BCUT2D eigenvalue weighted by molar-refractivity contribution is 0.101. The highest BCUT2D eigenvalue weighted by Crippen LogP contribution is 2.17. The summed E-state index contributed by atoms with van der Waals surface area (Å²) in [4.78, 5) is 22.3. The van der Waals surface area contributed by atoms with Crippen LogP contribution in [0.1, 0.15) is 31.8 Å². The van der Waals surface area contributed by atoms with Crippen molar-refractivity contribution in [2.45, 2.75) is 6.92 Å². The lowest BCUT2D eigenvalue weighted by Crippen LogP contribution is -2.07. The number of hydrogen-bond donors (Lipinski definition) is 0. The molecule has 0 aliphatic carbocycles. The van der Waals surface area contributed by atoms with Crippen molar-refractivity contribution in [3.63, 3.8) is 0 Å². The molecule has 0 aromatic heterocycles. The topological polar surface area (TPSA) is 57.9 Å². The van der Waals surface area contributed by atoms with E-state index in [0.717, 1.165) is 0 Å². The number of alkyl halides is 1. The van der Waals surface area contributed by atoms with Crippen molar-refractivity contribution >= 4 is 28.0 Å². The summed E-state index contributed by atoms with van der Waals surface area (Å²) in [5.41, 5.74) is 1.45. The van der Waals surface area contributed by atoms with E-state index in [2.05, 4.69) is 15.9 Å². The summed E-state index contributed by atoms with van der Waals surface area (Å²) in [6.07, 6.45) is 0.557. The number of aldehydes is 1. The number of benzene rings is 1. The average Bonchev–Trinajstić information content (AvgIpc) is 2.27. The smallest absolute Gasteiger partial charge is 0.174 e. The number of carbonyl (C=O) groups excluding carboxylic acids is 2. The molecule has 15 heavy (non-hydrogen) atoms. The Hall–Kier alpha value is -1.47. The molecule has 0 spiro atoms. The molecule has 1 aromatic carbocycles. The molecule has 0 unspecified atom stereocenters. The van der Waals surface area contributed by atoms with Crippen LogP contribution >= 0.6 is 15.9 Å². The van der Waals surface area contributed by atoms with Crippen molar-refractivity contribution in [2.75, 3.05) is 5.33 Å². The number of nitriles is 1. The zero-order valence-electron chi connectivity index (χ0n) is 8.08. The van der Waals surface area contributed by atoms with E-state index in [1.54, 1.807) is 19.1 Å². The molecule has 0 heterocycles. The van der Waals surface area contributed by atoms with E-state index in [9.17, 15) is 9.59 Å². The van der Waals surface area contributed by atoms with Gasteiger partial charge in [0.15, 0.2) is 12.1 Å². The maximum atomic E-state index is 11.5. The van der Waals surface area contributed by atoms with Crippen molar-refractivity contribution in [2.24, 2.45) is 0 Å². The van der Waals surface area contributed by atoms with Crippen LogP contribution in [-0.2, 0) is 0 Å². The Morgan fingerprint density at radius 2 is 2.27 bits per heavy atom. The van der Waals surface area contributed by atoms with Gasteiger partial charge in [-0.2, -0.15) is 5.26 Å². The number of halogens is 1. The molecule has 0 amide bonds. The maximum Gasteiger partial charge on any atom is 0.174 e. The first-order valence-corrected chi connectivity index (χ1v) is 5.36. The van der Waals surface area contributed by atoms with Crippen molar-refractivity contribution < 1.29 is 9.59 Å². The molecule has 0 aliphatic heterocycles. The molecule has 0 aliphatic rings. The number of aryl methyl sites for hydroxylation is 1. The van der Waals surface area contributed by atoms with Gasteiger partial charge >= 0.3 is 0 Å². The normalized spacial score (nSPS) is 9.40. The van der Waals surface area contributed by atoms with Crippen molar-refractivity contribution in [3.05, 3.63) is 34.4 Å². The number of nitrogens with zero attached hydrogens (tertiary/aromatic N) is 1. The van der Waals surface area contributed by atoms with Gasteiger partial charge in [-0.3, -0.25) is 9.59 Å². The fourth-order valence-corrected chi connectivity index (χ4v) is 1.62. The van der Waals surface area contributed by atoms with E-state index in [1.165, 1.54) is 0 Å². The molecule has 0 saturated carbocycles. The highest BCUT2D eigenvalue weighted by Gasteiger charge is 2.15. The molecule has 3 nitrogen and oxygen atoms in total.